The average molecular weight is 323 g/mol. The lowest BCUT2D eigenvalue weighted by Crippen LogP contribution is -2.25. The summed E-state index contributed by atoms with van der Waals surface area (Å²) in [5.74, 6) is -0.104. The summed E-state index contributed by atoms with van der Waals surface area (Å²) in [7, 11) is 1.86. The molecular weight excluding hydrogens is 302 g/mol. The maximum Gasteiger partial charge on any atom is 0.255 e. The highest BCUT2D eigenvalue weighted by Gasteiger charge is 2.16. The minimum Gasteiger partial charge on any atom is -0.346 e. The molecule has 0 unspecified atom stereocenters. The van der Waals surface area contributed by atoms with Gasteiger partial charge in [-0.1, -0.05) is 37.3 Å². The number of amides is 1. The number of nitrogens with zero attached hydrogens (tertiary/aromatic N) is 4. The third kappa shape index (κ3) is 3.37. The number of hydrogen-bond acceptors (Lipinski definition) is 3. The van der Waals surface area contributed by atoms with E-state index in [0.29, 0.717) is 18.7 Å². The summed E-state index contributed by atoms with van der Waals surface area (Å²) < 4.78 is 3.65. The van der Waals surface area contributed by atoms with Crippen LogP contribution in [0.1, 0.15) is 34.2 Å². The van der Waals surface area contributed by atoms with Crippen molar-refractivity contribution < 1.29 is 4.79 Å². The van der Waals surface area contributed by atoms with Gasteiger partial charge in [0.2, 0.25) is 0 Å². The second kappa shape index (κ2) is 7.12. The van der Waals surface area contributed by atoms with E-state index in [2.05, 4.69) is 27.6 Å². The standard InChI is InChI=1S/C18H21N5O/c1-3-17-16(18(24)19-11-15-9-10-20-22(15)2)12-21-23(17)13-14-7-5-4-6-8-14/h4-10,12H,3,11,13H2,1-2H3,(H,19,24). The van der Waals surface area contributed by atoms with Crippen molar-refractivity contribution in [1.29, 1.82) is 0 Å². The Morgan fingerprint density at radius 3 is 2.62 bits per heavy atom. The Bertz CT molecular complexity index is 819. The van der Waals surface area contributed by atoms with Crippen LogP contribution in [-0.4, -0.2) is 25.5 Å². The smallest absolute Gasteiger partial charge is 0.255 e. The maximum atomic E-state index is 12.5. The third-order valence-corrected chi connectivity index (χ3v) is 4.06. The van der Waals surface area contributed by atoms with E-state index in [1.54, 1.807) is 17.1 Å². The van der Waals surface area contributed by atoms with Gasteiger partial charge < -0.3 is 5.32 Å². The van der Waals surface area contributed by atoms with E-state index < -0.39 is 0 Å². The van der Waals surface area contributed by atoms with Gasteiger partial charge in [-0.05, 0) is 18.1 Å². The fraction of sp³-hybridized carbons (Fsp3) is 0.278. The number of aromatic nitrogens is 4. The van der Waals surface area contributed by atoms with E-state index in [0.717, 1.165) is 23.4 Å². The van der Waals surface area contributed by atoms with E-state index >= 15 is 0 Å². The van der Waals surface area contributed by atoms with Gasteiger partial charge in [-0.3, -0.25) is 14.2 Å². The van der Waals surface area contributed by atoms with Gasteiger partial charge in [0.25, 0.3) is 5.91 Å². The summed E-state index contributed by atoms with van der Waals surface area (Å²) in [5, 5.41) is 11.4. The minimum absolute atomic E-state index is 0.104. The summed E-state index contributed by atoms with van der Waals surface area (Å²) in [6.07, 6.45) is 4.12. The molecule has 3 aromatic rings. The lowest BCUT2D eigenvalue weighted by atomic mass is 10.1. The Kier molecular flexibility index (Phi) is 4.74. The highest BCUT2D eigenvalue weighted by atomic mass is 16.1. The summed E-state index contributed by atoms with van der Waals surface area (Å²) in [4.78, 5) is 12.5. The second-order valence-electron chi connectivity index (χ2n) is 5.63. The molecule has 124 valence electrons. The van der Waals surface area contributed by atoms with Crippen LogP contribution in [0.5, 0.6) is 0 Å². The number of rotatable bonds is 6. The SMILES string of the molecule is CCc1c(C(=O)NCc2ccnn2C)cnn1Cc1ccccc1. The van der Waals surface area contributed by atoms with Crippen LogP contribution < -0.4 is 5.32 Å². The molecule has 24 heavy (non-hydrogen) atoms. The summed E-state index contributed by atoms with van der Waals surface area (Å²) in [6.45, 7) is 3.15. The minimum atomic E-state index is -0.104. The lowest BCUT2D eigenvalue weighted by molar-refractivity contribution is 0.0949. The highest BCUT2D eigenvalue weighted by Crippen LogP contribution is 2.12. The van der Waals surface area contributed by atoms with Crippen molar-refractivity contribution in [1.82, 2.24) is 24.9 Å². The molecule has 2 aromatic heterocycles. The molecule has 0 aliphatic rings. The highest BCUT2D eigenvalue weighted by molar-refractivity contribution is 5.95. The van der Waals surface area contributed by atoms with Crippen LogP contribution in [0.25, 0.3) is 0 Å². The zero-order valence-corrected chi connectivity index (χ0v) is 13.9. The molecule has 0 spiro atoms. The van der Waals surface area contributed by atoms with Crippen molar-refractivity contribution >= 4 is 5.91 Å². The predicted octanol–water partition coefficient (Wildman–Crippen LogP) is 2.16. The first-order valence-corrected chi connectivity index (χ1v) is 8.02. The molecule has 2 heterocycles. The van der Waals surface area contributed by atoms with Gasteiger partial charge in [-0.2, -0.15) is 10.2 Å². The van der Waals surface area contributed by atoms with E-state index in [9.17, 15) is 4.79 Å². The van der Waals surface area contributed by atoms with Crippen molar-refractivity contribution in [3.05, 3.63) is 71.3 Å². The fourth-order valence-electron chi connectivity index (χ4n) is 2.71. The summed E-state index contributed by atoms with van der Waals surface area (Å²) >= 11 is 0. The van der Waals surface area contributed by atoms with Crippen molar-refractivity contribution in [3.8, 4) is 0 Å². The van der Waals surface area contributed by atoms with Crippen LogP contribution in [0.15, 0.2) is 48.8 Å². The van der Waals surface area contributed by atoms with Gasteiger partial charge in [-0.25, -0.2) is 0 Å². The van der Waals surface area contributed by atoms with Crippen LogP contribution in [-0.2, 0) is 26.6 Å². The molecule has 1 amide bonds. The molecule has 0 radical (unpaired) electrons. The first-order valence-electron chi connectivity index (χ1n) is 8.02. The first-order chi connectivity index (χ1) is 11.7. The van der Waals surface area contributed by atoms with Crippen LogP contribution in [0, 0.1) is 0 Å². The molecule has 0 aliphatic heterocycles. The van der Waals surface area contributed by atoms with Gasteiger partial charge in [0.1, 0.15) is 0 Å². The van der Waals surface area contributed by atoms with Gasteiger partial charge in [0.15, 0.2) is 0 Å². The molecule has 1 aromatic carbocycles. The molecule has 0 fully saturated rings. The van der Waals surface area contributed by atoms with Gasteiger partial charge >= 0.3 is 0 Å². The van der Waals surface area contributed by atoms with Crippen molar-refractivity contribution in [2.45, 2.75) is 26.4 Å². The maximum absolute atomic E-state index is 12.5. The van der Waals surface area contributed by atoms with Crippen molar-refractivity contribution in [3.63, 3.8) is 0 Å². The van der Waals surface area contributed by atoms with Crippen LogP contribution in [0.2, 0.25) is 0 Å². The molecule has 6 nitrogen and oxygen atoms in total. The fourth-order valence-corrected chi connectivity index (χ4v) is 2.71. The molecule has 0 saturated carbocycles. The van der Waals surface area contributed by atoms with Crippen molar-refractivity contribution in [2.75, 3.05) is 0 Å². The summed E-state index contributed by atoms with van der Waals surface area (Å²) in [6, 6.07) is 12.0. The van der Waals surface area contributed by atoms with Crippen molar-refractivity contribution in [2.24, 2.45) is 7.05 Å². The van der Waals surface area contributed by atoms with E-state index in [1.807, 2.05) is 42.9 Å². The number of nitrogens with one attached hydrogen (secondary N) is 1. The van der Waals surface area contributed by atoms with Crippen LogP contribution in [0.4, 0.5) is 0 Å². The molecule has 0 saturated heterocycles. The number of benzene rings is 1. The van der Waals surface area contributed by atoms with E-state index in [1.165, 1.54) is 0 Å². The molecule has 0 aliphatic carbocycles. The normalized spacial score (nSPS) is 10.8. The number of carbonyl (C=O) groups is 1. The van der Waals surface area contributed by atoms with E-state index in [-0.39, 0.29) is 5.91 Å². The Hall–Kier alpha value is -2.89. The number of hydrogen-bond donors (Lipinski definition) is 1. The van der Waals surface area contributed by atoms with Gasteiger partial charge in [0, 0.05) is 13.2 Å². The predicted molar refractivity (Wildman–Crippen MR) is 91.5 cm³/mol. The van der Waals surface area contributed by atoms with Gasteiger partial charge in [-0.15, -0.1) is 0 Å². The lowest BCUT2D eigenvalue weighted by Gasteiger charge is -2.09. The molecular formula is C18H21N5O. The van der Waals surface area contributed by atoms with Crippen LogP contribution >= 0.6 is 0 Å². The Morgan fingerprint density at radius 1 is 1.17 bits per heavy atom. The Balaban J connectivity index is 1.73. The molecule has 1 N–H and O–H groups in total. The third-order valence-electron chi connectivity index (χ3n) is 4.06. The Morgan fingerprint density at radius 2 is 1.96 bits per heavy atom. The second-order valence-corrected chi connectivity index (χ2v) is 5.63. The zero-order valence-electron chi connectivity index (χ0n) is 13.9. The van der Waals surface area contributed by atoms with Crippen LogP contribution in [0.3, 0.4) is 0 Å². The average Bonchev–Trinajstić information content (AvgIpc) is 3.19. The molecule has 0 atom stereocenters. The zero-order chi connectivity index (χ0) is 16.9. The van der Waals surface area contributed by atoms with Gasteiger partial charge in [0.05, 0.1) is 36.2 Å². The quantitative estimate of drug-likeness (QED) is 0.756. The topological polar surface area (TPSA) is 64.7 Å². The summed E-state index contributed by atoms with van der Waals surface area (Å²) in [5.41, 5.74) is 3.70. The Labute approximate surface area is 141 Å². The molecule has 0 bridgehead atoms. The number of aryl methyl sites for hydroxylation is 1. The first kappa shape index (κ1) is 16.0. The van der Waals surface area contributed by atoms with E-state index in [4.69, 9.17) is 0 Å². The largest absolute Gasteiger partial charge is 0.346 e. The molecule has 6 heteroatoms. The molecule has 3 rings (SSSR count). The monoisotopic (exact) mass is 323 g/mol. The number of carbonyl (C=O) groups excluding carboxylic acids is 1.